The third-order valence-corrected chi connectivity index (χ3v) is 2.17. The molecule has 0 aliphatic carbocycles. The van der Waals surface area contributed by atoms with Gasteiger partial charge < -0.3 is 19.9 Å². The van der Waals surface area contributed by atoms with Crippen LogP contribution >= 0.6 is 0 Å². The number of hydrogen-bond acceptors (Lipinski definition) is 6. The van der Waals surface area contributed by atoms with Crippen LogP contribution in [0.1, 0.15) is 10.4 Å². The maximum atomic E-state index is 11.4. The van der Waals surface area contributed by atoms with Crippen molar-refractivity contribution in [3.05, 3.63) is 24.0 Å². The molecule has 0 atom stereocenters. The smallest absolute Gasteiger partial charge is 0.337 e. The highest BCUT2D eigenvalue weighted by Gasteiger charge is 2.09. The first-order valence-corrected chi connectivity index (χ1v) is 5.90. The summed E-state index contributed by atoms with van der Waals surface area (Å²) in [5, 5.41) is 13.2. The first kappa shape index (κ1) is 16.4. The highest BCUT2D eigenvalue weighted by atomic mass is 16.5. The summed E-state index contributed by atoms with van der Waals surface area (Å²) in [6.07, 6.45) is 2.41. The molecule has 0 spiro atoms. The van der Waals surface area contributed by atoms with Crippen molar-refractivity contribution in [2.75, 3.05) is 26.9 Å². The summed E-state index contributed by atoms with van der Waals surface area (Å²) in [6.45, 7) is 0.148. The molecule has 9 heteroatoms. The highest BCUT2D eigenvalue weighted by molar-refractivity contribution is 5.95. The lowest BCUT2D eigenvalue weighted by Gasteiger charge is -2.08. The van der Waals surface area contributed by atoms with Crippen LogP contribution in [0.5, 0.6) is 5.75 Å². The number of aromatic carboxylic acids is 1. The van der Waals surface area contributed by atoms with Crippen LogP contribution in [0.2, 0.25) is 0 Å². The quantitative estimate of drug-likeness (QED) is 0.586. The van der Waals surface area contributed by atoms with Gasteiger partial charge in [0, 0.05) is 19.9 Å². The van der Waals surface area contributed by atoms with Crippen LogP contribution in [0.25, 0.3) is 0 Å². The molecule has 3 amide bonds. The van der Waals surface area contributed by atoms with Crippen molar-refractivity contribution >= 4 is 17.9 Å². The number of imide groups is 1. The standard InChI is InChI=1S/C12H15N3O6/c1-20-3-2-14-12(19)15-10(16)7-21-9-4-8(11(17)18)5-13-6-9/h4-6H,2-3,7H2,1H3,(H,17,18)(H2,14,15,16,19). The molecule has 1 rings (SSSR count). The molecule has 114 valence electrons. The fourth-order valence-electron chi connectivity index (χ4n) is 1.24. The van der Waals surface area contributed by atoms with Crippen LogP contribution in [-0.2, 0) is 9.53 Å². The van der Waals surface area contributed by atoms with Gasteiger partial charge in [0.1, 0.15) is 5.75 Å². The van der Waals surface area contributed by atoms with Crippen molar-refractivity contribution in [1.82, 2.24) is 15.6 Å². The predicted molar refractivity (Wildman–Crippen MR) is 70.1 cm³/mol. The van der Waals surface area contributed by atoms with Crippen LogP contribution in [0.15, 0.2) is 18.5 Å². The maximum Gasteiger partial charge on any atom is 0.337 e. The fourth-order valence-corrected chi connectivity index (χ4v) is 1.24. The number of aromatic nitrogens is 1. The second-order valence-corrected chi connectivity index (χ2v) is 3.80. The van der Waals surface area contributed by atoms with Gasteiger partial charge in [-0.1, -0.05) is 0 Å². The Kier molecular flexibility index (Phi) is 6.61. The Morgan fingerprint density at radius 3 is 2.76 bits per heavy atom. The van der Waals surface area contributed by atoms with Gasteiger partial charge in [-0.05, 0) is 6.07 Å². The van der Waals surface area contributed by atoms with E-state index in [2.05, 4.69) is 10.3 Å². The van der Waals surface area contributed by atoms with E-state index in [0.29, 0.717) is 6.61 Å². The van der Waals surface area contributed by atoms with Gasteiger partial charge in [-0.15, -0.1) is 0 Å². The summed E-state index contributed by atoms with van der Waals surface area (Å²) in [6, 6.07) is 0.555. The summed E-state index contributed by atoms with van der Waals surface area (Å²) in [5.74, 6) is -1.72. The molecule has 0 aliphatic heterocycles. The number of carbonyl (C=O) groups excluding carboxylic acids is 2. The van der Waals surface area contributed by atoms with Crippen molar-refractivity contribution in [3.8, 4) is 5.75 Å². The number of pyridine rings is 1. The van der Waals surface area contributed by atoms with Crippen molar-refractivity contribution < 1.29 is 29.0 Å². The Morgan fingerprint density at radius 2 is 2.10 bits per heavy atom. The molecular formula is C12H15N3O6. The van der Waals surface area contributed by atoms with Crippen molar-refractivity contribution in [1.29, 1.82) is 0 Å². The minimum absolute atomic E-state index is 0.0646. The van der Waals surface area contributed by atoms with Crippen molar-refractivity contribution in [3.63, 3.8) is 0 Å². The van der Waals surface area contributed by atoms with E-state index >= 15 is 0 Å². The van der Waals surface area contributed by atoms with Gasteiger partial charge in [-0.25, -0.2) is 9.59 Å². The number of hydrogen-bond donors (Lipinski definition) is 3. The molecule has 0 unspecified atom stereocenters. The predicted octanol–water partition coefficient (Wildman–Crippen LogP) is -0.369. The number of carboxylic acid groups (broad SMARTS) is 1. The van der Waals surface area contributed by atoms with E-state index in [1.807, 2.05) is 5.32 Å². The van der Waals surface area contributed by atoms with Crippen molar-refractivity contribution in [2.45, 2.75) is 0 Å². The van der Waals surface area contributed by atoms with Crippen LogP contribution < -0.4 is 15.4 Å². The van der Waals surface area contributed by atoms with Crippen LogP contribution in [0.4, 0.5) is 4.79 Å². The molecule has 0 saturated carbocycles. The van der Waals surface area contributed by atoms with Gasteiger partial charge in [0.15, 0.2) is 6.61 Å². The number of carbonyl (C=O) groups is 3. The zero-order valence-corrected chi connectivity index (χ0v) is 11.3. The number of rotatable bonds is 7. The first-order valence-electron chi connectivity index (χ1n) is 5.90. The molecule has 0 radical (unpaired) electrons. The van der Waals surface area contributed by atoms with Gasteiger partial charge in [0.2, 0.25) is 0 Å². The molecule has 0 fully saturated rings. The van der Waals surface area contributed by atoms with E-state index in [1.165, 1.54) is 19.4 Å². The third-order valence-electron chi connectivity index (χ3n) is 2.17. The van der Waals surface area contributed by atoms with Gasteiger partial charge >= 0.3 is 12.0 Å². The average molecular weight is 297 g/mol. The van der Waals surface area contributed by atoms with E-state index in [9.17, 15) is 14.4 Å². The summed E-state index contributed by atoms with van der Waals surface area (Å²) in [4.78, 5) is 37.0. The monoisotopic (exact) mass is 297 g/mol. The zero-order chi connectivity index (χ0) is 15.7. The number of urea groups is 1. The Hall–Kier alpha value is -2.68. The van der Waals surface area contributed by atoms with E-state index in [0.717, 1.165) is 6.20 Å². The Labute approximate surface area is 120 Å². The molecule has 3 N–H and O–H groups in total. The Bertz CT molecular complexity index is 519. The summed E-state index contributed by atoms with van der Waals surface area (Å²) in [5.41, 5.74) is -0.0646. The minimum atomic E-state index is -1.16. The highest BCUT2D eigenvalue weighted by Crippen LogP contribution is 2.10. The lowest BCUT2D eigenvalue weighted by Crippen LogP contribution is -2.42. The molecule has 0 bridgehead atoms. The Balaban J connectivity index is 2.37. The fraction of sp³-hybridized carbons (Fsp3) is 0.333. The second-order valence-electron chi connectivity index (χ2n) is 3.80. The number of methoxy groups -OCH3 is 1. The maximum absolute atomic E-state index is 11.4. The van der Waals surface area contributed by atoms with Gasteiger partial charge in [0.05, 0.1) is 18.4 Å². The zero-order valence-electron chi connectivity index (χ0n) is 11.3. The molecule has 1 heterocycles. The van der Waals surface area contributed by atoms with Crippen LogP contribution in [0, 0.1) is 0 Å². The van der Waals surface area contributed by atoms with Gasteiger partial charge in [-0.3, -0.25) is 15.1 Å². The average Bonchev–Trinajstić information content (AvgIpc) is 2.45. The molecule has 0 aromatic carbocycles. The van der Waals surface area contributed by atoms with Crippen molar-refractivity contribution in [2.24, 2.45) is 0 Å². The number of nitrogens with one attached hydrogen (secondary N) is 2. The van der Waals surface area contributed by atoms with E-state index in [1.54, 1.807) is 0 Å². The molecule has 1 aromatic heterocycles. The summed E-state index contributed by atoms with van der Waals surface area (Å²) < 4.78 is 9.77. The van der Waals surface area contributed by atoms with Gasteiger partial charge in [0.25, 0.3) is 5.91 Å². The third kappa shape index (κ3) is 6.34. The van der Waals surface area contributed by atoms with E-state index in [4.69, 9.17) is 14.6 Å². The molecule has 1 aromatic rings. The number of amides is 3. The first-order chi connectivity index (χ1) is 10.0. The topological polar surface area (TPSA) is 127 Å². The summed E-state index contributed by atoms with van der Waals surface area (Å²) >= 11 is 0. The Morgan fingerprint density at radius 1 is 1.33 bits per heavy atom. The van der Waals surface area contributed by atoms with Crippen LogP contribution in [-0.4, -0.2) is 54.9 Å². The van der Waals surface area contributed by atoms with Gasteiger partial charge in [-0.2, -0.15) is 0 Å². The largest absolute Gasteiger partial charge is 0.482 e. The minimum Gasteiger partial charge on any atom is -0.482 e. The second kappa shape index (κ2) is 8.48. The number of carboxylic acids is 1. The molecular weight excluding hydrogens is 282 g/mol. The lowest BCUT2D eigenvalue weighted by molar-refractivity contribution is -0.122. The molecule has 0 saturated heterocycles. The number of ether oxygens (including phenoxy) is 2. The number of nitrogens with zero attached hydrogens (tertiary/aromatic N) is 1. The lowest BCUT2D eigenvalue weighted by atomic mass is 10.3. The molecule has 21 heavy (non-hydrogen) atoms. The van der Waals surface area contributed by atoms with E-state index < -0.39 is 24.5 Å². The molecule has 9 nitrogen and oxygen atoms in total. The molecule has 0 aliphatic rings. The normalized spacial score (nSPS) is 9.76. The van der Waals surface area contributed by atoms with E-state index in [-0.39, 0.29) is 17.9 Å². The SMILES string of the molecule is COCCNC(=O)NC(=O)COc1cncc(C(=O)O)c1. The summed E-state index contributed by atoms with van der Waals surface area (Å²) in [7, 11) is 1.48. The van der Waals surface area contributed by atoms with Crippen LogP contribution in [0.3, 0.4) is 0 Å².